The second kappa shape index (κ2) is 6.98. The first kappa shape index (κ1) is 18.0. The molecule has 2 aromatic heterocycles. The molecule has 6 nitrogen and oxygen atoms in total. The molecule has 0 spiro atoms. The number of anilines is 1. The fourth-order valence-electron chi connectivity index (χ4n) is 3.19. The largest absolute Gasteiger partial charge is 0.476 e. The lowest BCUT2D eigenvalue weighted by Gasteiger charge is -2.24. The van der Waals surface area contributed by atoms with Gasteiger partial charge in [0, 0.05) is 29.4 Å². The van der Waals surface area contributed by atoms with Crippen LogP contribution >= 0.6 is 22.9 Å². The Hall–Kier alpha value is -2.38. The molecule has 0 saturated carbocycles. The molecule has 3 aromatic rings. The van der Waals surface area contributed by atoms with Crippen molar-refractivity contribution < 1.29 is 9.90 Å². The molecule has 3 heterocycles. The smallest absolute Gasteiger partial charge is 0.356 e. The van der Waals surface area contributed by atoms with E-state index >= 15 is 0 Å². The van der Waals surface area contributed by atoms with Gasteiger partial charge in [-0.25, -0.2) is 9.78 Å². The quantitative estimate of drug-likeness (QED) is 0.656. The zero-order chi connectivity index (χ0) is 19.1. The van der Waals surface area contributed by atoms with E-state index in [-0.39, 0.29) is 5.69 Å². The van der Waals surface area contributed by atoms with E-state index in [1.807, 2.05) is 19.1 Å². The van der Waals surface area contributed by atoms with E-state index in [4.69, 9.17) is 21.7 Å². The van der Waals surface area contributed by atoms with Crippen LogP contribution in [-0.2, 0) is 6.54 Å². The van der Waals surface area contributed by atoms with Gasteiger partial charge in [0.05, 0.1) is 16.8 Å². The number of aryl methyl sites for hydroxylation is 1. The third-order valence-electron chi connectivity index (χ3n) is 4.75. The lowest BCUT2D eigenvalue weighted by molar-refractivity contribution is 0.0689. The maximum Gasteiger partial charge on any atom is 0.356 e. The molecule has 8 heteroatoms. The SMILES string of the molecule is CC1=CCN(c2nc3c(Cn4nc(C(=O)O)cc4C)cc(Cl)cc3s2)CC1. The lowest BCUT2D eigenvalue weighted by atomic mass is 10.1. The Morgan fingerprint density at radius 1 is 1.33 bits per heavy atom. The van der Waals surface area contributed by atoms with Crippen molar-refractivity contribution in [3.63, 3.8) is 0 Å². The maximum atomic E-state index is 11.2. The molecule has 1 aromatic carbocycles. The third kappa shape index (κ3) is 3.57. The average molecular weight is 403 g/mol. The Balaban J connectivity index is 1.71. The van der Waals surface area contributed by atoms with Crippen molar-refractivity contribution in [1.82, 2.24) is 14.8 Å². The van der Waals surface area contributed by atoms with E-state index in [0.29, 0.717) is 11.6 Å². The van der Waals surface area contributed by atoms with Crippen molar-refractivity contribution in [3.8, 4) is 0 Å². The molecule has 0 amide bonds. The maximum absolute atomic E-state index is 11.2. The van der Waals surface area contributed by atoms with Gasteiger partial charge >= 0.3 is 5.97 Å². The number of halogens is 1. The highest BCUT2D eigenvalue weighted by Gasteiger charge is 2.18. The van der Waals surface area contributed by atoms with Crippen LogP contribution in [0.25, 0.3) is 10.2 Å². The number of carbonyl (C=O) groups is 1. The van der Waals surface area contributed by atoms with Gasteiger partial charge in [-0.3, -0.25) is 4.68 Å². The van der Waals surface area contributed by atoms with Crippen molar-refractivity contribution in [2.24, 2.45) is 0 Å². The van der Waals surface area contributed by atoms with Gasteiger partial charge in [0.15, 0.2) is 10.8 Å². The predicted octanol–water partition coefficient (Wildman–Crippen LogP) is 4.36. The van der Waals surface area contributed by atoms with E-state index in [1.54, 1.807) is 22.1 Å². The highest BCUT2D eigenvalue weighted by molar-refractivity contribution is 7.22. The molecule has 0 fully saturated rings. The molecule has 4 rings (SSSR count). The number of hydrogen-bond acceptors (Lipinski definition) is 5. The van der Waals surface area contributed by atoms with Gasteiger partial charge in [0.1, 0.15) is 0 Å². The molecule has 1 aliphatic heterocycles. The van der Waals surface area contributed by atoms with Crippen molar-refractivity contribution in [2.75, 3.05) is 18.0 Å². The van der Waals surface area contributed by atoms with Crippen LogP contribution < -0.4 is 4.90 Å². The number of benzene rings is 1. The van der Waals surface area contributed by atoms with Crippen LogP contribution in [0.5, 0.6) is 0 Å². The summed E-state index contributed by atoms with van der Waals surface area (Å²) in [6, 6.07) is 5.39. The van der Waals surface area contributed by atoms with Crippen molar-refractivity contribution in [2.45, 2.75) is 26.8 Å². The summed E-state index contributed by atoms with van der Waals surface area (Å²) in [6.07, 6.45) is 3.29. The van der Waals surface area contributed by atoms with Gasteiger partial charge in [-0.15, -0.1) is 0 Å². The predicted molar refractivity (Wildman–Crippen MR) is 108 cm³/mol. The Morgan fingerprint density at radius 3 is 2.81 bits per heavy atom. The number of thiazole rings is 1. The van der Waals surface area contributed by atoms with E-state index in [2.05, 4.69) is 23.0 Å². The number of carboxylic acids is 1. The number of carboxylic acid groups (broad SMARTS) is 1. The van der Waals surface area contributed by atoms with Crippen molar-refractivity contribution in [1.29, 1.82) is 0 Å². The first-order valence-corrected chi connectivity index (χ1v) is 9.87. The fourth-order valence-corrected chi connectivity index (χ4v) is 4.58. The molecule has 0 unspecified atom stereocenters. The van der Waals surface area contributed by atoms with E-state index in [0.717, 1.165) is 46.1 Å². The normalized spacial score (nSPS) is 14.6. The molecule has 0 bridgehead atoms. The molecule has 0 atom stereocenters. The van der Waals surface area contributed by atoms with Gasteiger partial charge in [-0.1, -0.05) is 34.6 Å². The van der Waals surface area contributed by atoms with E-state index in [1.165, 1.54) is 5.57 Å². The molecule has 140 valence electrons. The number of aromatic nitrogens is 3. The van der Waals surface area contributed by atoms with Crippen LogP contribution in [0.1, 0.15) is 35.1 Å². The molecule has 0 radical (unpaired) electrons. The summed E-state index contributed by atoms with van der Waals surface area (Å²) < 4.78 is 2.71. The monoisotopic (exact) mass is 402 g/mol. The Kier molecular flexibility index (Phi) is 4.65. The minimum Gasteiger partial charge on any atom is -0.476 e. The number of fused-ring (bicyclic) bond motifs is 1. The van der Waals surface area contributed by atoms with Gasteiger partial charge in [-0.05, 0) is 38.5 Å². The summed E-state index contributed by atoms with van der Waals surface area (Å²) >= 11 is 7.97. The number of nitrogens with zero attached hydrogens (tertiary/aromatic N) is 4. The van der Waals surface area contributed by atoms with Gasteiger partial charge in [0.2, 0.25) is 0 Å². The first-order chi connectivity index (χ1) is 12.9. The van der Waals surface area contributed by atoms with Crippen LogP contribution in [0, 0.1) is 6.92 Å². The summed E-state index contributed by atoms with van der Waals surface area (Å²) in [4.78, 5) is 18.3. The number of rotatable bonds is 4. The number of aromatic carboxylic acids is 1. The minimum absolute atomic E-state index is 0.0419. The van der Waals surface area contributed by atoms with Crippen LogP contribution in [-0.4, -0.2) is 38.9 Å². The zero-order valence-electron chi connectivity index (χ0n) is 15.1. The molecular formula is C19H19ClN4O2S. The average Bonchev–Trinajstić information content (AvgIpc) is 3.20. The third-order valence-corrected chi connectivity index (χ3v) is 6.04. The van der Waals surface area contributed by atoms with Gasteiger partial charge < -0.3 is 10.0 Å². The summed E-state index contributed by atoms with van der Waals surface area (Å²) in [5, 5.41) is 15.0. The van der Waals surface area contributed by atoms with Crippen LogP contribution in [0.4, 0.5) is 5.13 Å². The molecule has 0 aliphatic carbocycles. The highest BCUT2D eigenvalue weighted by Crippen LogP contribution is 2.34. The highest BCUT2D eigenvalue weighted by atomic mass is 35.5. The molecule has 0 saturated heterocycles. The van der Waals surface area contributed by atoms with E-state index < -0.39 is 5.97 Å². The van der Waals surface area contributed by atoms with Crippen LogP contribution in [0.15, 0.2) is 29.8 Å². The number of hydrogen-bond donors (Lipinski definition) is 1. The Labute approximate surface area is 165 Å². The minimum atomic E-state index is -1.03. The topological polar surface area (TPSA) is 71.2 Å². The van der Waals surface area contributed by atoms with E-state index in [9.17, 15) is 4.79 Å². The summed E-state index contributed by atoms with van der Waals surface area (Å²) in [5.74, 6) is -1.03. The summed E-state index contributed by atoms with van der Waals surface area (Å²) in [6.45, 7) is 6.26. The Bertz CT molecular complexity index is 1070. The summed E-state index contributed by atoms with van der Waals surface area (Å²) in [7, 11) is 0. The van der Waals surface area contributed by atoms with Gasteiger partial charge in [-0.2, -0.15) is 5.10 Å². The molecular weight excluding hydrogens is 384 g/mol. The van der Waals surface area contributed by atoms with Gasteiger partial charge in [0.25, 0.3) is 0 Å². The molecule has 27 heavy (non-hydrogen) atoms. The first-order valence-electron chi connectivity index (χ1n) is 8.68. The second-order valence-corrected chi connectivity index (χ2v) is 8.23. The van der Waals surface area contributed by atoms with Crippen molar-refractivity contribution in [3.05, 3.63) is 51.8 Å². The molecule has 1 N–H and O–H groups in total. The van der Waals surface area contributed by atoms with Crippen LogP contribution in [0.3, 0.4) is 0 Å². The lowest BCUT2D eigenvalue weighted by Crippen LogP contribution is -2.27. The fraction of sp³-hybridized carbons (Fsp3) is 0.316. The Morgan fingerprint density at radius 2 is 2.15 bits per heavy atom. The zero-order valence-corrected chi connectivity index (χ0v) is 16.6. The standard InChI is InChI=1S/C19H19ClN4O2S/c1-11-3-5-23(6-4-11)19-21-17-13(8-14(20)9-16(17)27-19)10-24-12(2)7-15(22-24)18(25)26/h3,7-9H,4-6,10H2,1-2H3,(H,25,26). The second-order valence-electron chi connectivity index (χ2n) is 6.79. The van der Waals surface area contributed by atoms with Crippen molar-refractivity contribution >= 4 is 44.3 Å². The summed E-state index contributed by atoms with van der Waals surface area (Å²) in [5.41, 5.74) is 4.08. The molecule has 1 aliphatic rings. The van der Waals surface area contributed by atoms with Crippen LogP contribution in [0.2, 0.25) is 5.02 Å².